The van der Waals surface area contributed by atoms with Gasteiger partial charge >= 0.3 is 0 Å². The molecule has 2 aromatic heterocycles. The van der Waals surface area contributed by atoms with E-state index in [1.807, 2.05) is 11.3 Å². The van der Waals surface area contributed by atoms with E-state index >= 15 is 0 Å². The number of sulfone groups is 1. The molecule has 3 unspecified atom stereocenters. The summed E-state index contributed by atoms with van der Waals surface area (Å²) in [5, 5.41) is 6.66. The lowest BCUT2D eigenvalue weighted by molar-refractivity contribution is -0.941. The molecular weight excluding hydrogens is 378 g/mol. The lowest BCUT2D eigenvalue weighted by Gasteiger charge is -2.19. The molecule has 0 radical (unpaired) electrons. The Balaban J connectivity index is 1.45. The quantitative estimate of drug-likeness (QED) is 0.773. The second-order valence-electron chi connectivity index (χ2n) is 7.01. The predicted octanol–water partition coefficient (Wildman–Crippen LogP) is 1.62. The molecule has 4 heterocycles. The van der Waals surface area contributed by atoms with Crippen molar-refractivity contribution in [2.45, 2.75) is 38.4 Å². The van der Waals surface area contributed by atoms with Crippen molar-refractivity contribution in [2.24, 2.45) is 5.92 Å². The Morgan fingerprint density at radius 3 is 3.04 bits per heavy atom. The van der Waals surface area contributed by atoms with Crippen molar-refractivity contribution in [3.63, 3.8) is 0 Å². The summed E-state index contributed by atoms with van der Waals surface area (Å²) in [5.41, 5.74) is 0. The van der Waals surface area contributed by atoms with Crippen molar-refractivity contribution in [3.8, 4) is 0 Å². The zero-order chi connectivity index (χ0) is 17.4. The van der Waals surface area contributed by atoms with Gasteiger partial charge in [-0.25, -0.2) is 8.42 Å². The average molecular weight is 401 g/mol. The van der Waals surface area contributed by atoms with Gasteiger partial charge in [0.2, 0.25) is 5.89 Å². The smallest absolute Gasteiger partial charge is 0.291 e. The molecule has 1 N–H and O–H groups in total. The van der Waals surface area contributed by atoms with Crippen LogP contribution in [0, 0.1) is 10.8 Å². The Kier molecular flexibility index (Phi) is 4.83. The molecule has 0 spiro atoms. The van der Waals surface area contributed by atoms with E-state index in [1.165, 1.54) is 22.6 Å². The number of hydrogen-bond donors (Lipinski definition) is 1. The molecule has 0 bridgehead atoms. The van der Waals surface area contributed by atoms with Crippen molar-refractivity contribution in [3.05, 3.63) is 33.1 Å². The monoisotopic (exact) mass is 400 g/mol. The molecule has 0 amide bonds. The van der Waals surface area contributed by atoms with Crippen LogP contribution in [-0.2, 0) is 22.9 Å². The Labute approximate surface area is 156 Å². The van der Waals surface area contributed by atoms with Crippen LogP contribution in [0.2, 0.25) is 0 Å². The van der Waals surface area contributed by atoms with Gasteiger partial charge in [-0.3, -0.25) is 0 Å². The molecule has 0 aliphatic carbocycles. The molecule has 4 rings (SSSR count). The van der Waals surface area contributed by atoms with E-state index in [1.54, 1.807) is 4.68 Å². The molecule has 25 heavy (non-hydrogen) atoms. The molecular formula is C16H22N3O3S3+. The highest BCUT2D eigenvalue weighted by molar-refractivity contribution is 7.91. The van der Waals surface area contributed by atoms with Crippen molar-refractivity contribution in [1.82, 2.24) is 9.78 Å². The van der Waals surface area contributed by atoms with Crippen LogP contribution in [0.3, 0.4) is 0 Å². The van der Waals surface area contributed by atoms with Gasteiger partial charge in [-0.15, -0.1) is 16.4 Å². The summed E-state index contributed by atoms with van der Waals surface area (Å²) in [6.45, 7) is 1.81. The number of quaternary nitrogens is 1. The van der Waals surface area contributed by atoms with Gasteiger partial charge in [-0.05, 0) is 36.0 Å². The van der Waals surface area contributed by atoms with Crippen molar-refractivity contribution in [2.75, 3.05) is 18.1 Å². The van der Waals surface area contributed by atoms with E-state index in [-0.39, 0.29) is 17.4 Å². The number of nitrogens with zero attached hydrogens (tertiary/aromatic N) is 2. The summed E-state index contributed by atoms with van der Waals surface area (Å²) in [5.74, 6) is 1.18. The fraction of sp³-hybridized carbons (Fsp3) is 0.625. The highest BCUT2D eigenvalue weighted by Crippen LogP contribution is 2.24. The summed E-state index contributed by atoms with van der Waals surface area (Å²) in [6.07, 6.45) is 3.64. The fourth-order valence-corrected chi connectivity index (χ4v) is 6.92. The average Bonchev–Trinajstić information content (AvgIpc) is 3.30. The van der Waals surface area contributed by atoms with Crippen molar-refractivity contribution >= 4 is 33.4 Å². The fourth-order valence-electron chi connectivity index (χ4n) is 3.94. The SMILES string of the molecule is O=S1(=O)CCC(Cc2nn(C[NH+]3CCCC3c3cccs3)c(=S)o2)C1. The first-order valence-electron chi connectivity index (χ1n) is 8.65. The van der Waals surface area contributed by atoms with Crippen LogP contribution < -0.4 is 4.90 Å². The summed E-state index contributed by atoms with van der Waals surface area (Å²) in [7, 11) is -2.88. The summed E-state index contributed by atoms with van der Waals surface area (Å²) >= 11 is 7.15. The first-order chi connectivity index (χ1) is 12.0. The second-order valence-corrected chi connectivity index (χ2v) is 10.6. The summed E-state index contributed by atoms with van der Waals surface area (Å²) < 4.78 is 30.6. The topological polar surface area (TPSA) is 69.5 Å². The van der Waals surface area contributed by atoms with Crippen LogP contribution in [-0.4, -0.2) is 36.2 Å². The Hall–Kier alpha value is -1.03. The maximum absolute atomic E-state index is 11.6. The molecule has 2 aliphatic rings. The summed E-state index contributed by atoms with van der Waals surface area (Å²) in [6, 6.07) is 4.81. The van der Waals surface area contributed by atoms with Gasteiger partial charge in [0.1, 0.15) is 6.04 Å². The van der Waals surface area contributed by atoms with Gasteiger partial charge in [0.05, 0.1) is 22.9 Å². The van der Waals surface area contributed by atoms with Gasteiger partial charge in [0.15, 0.2) is 16.5 Å². The minimum Gasteiger partial charge on any atom is -0.414 e. The third-order valence-corrected chi connectivity index (χ3v) is 8.28. The standard InChI is InChI=1S/C16H21N3O3S3/c20-25(21)8-5-12(10-25)9-15-17-19(16(23)22-15)11-18-6-1-3-13(18)14-4-2-7-24-14/h2,4,7,12-13H,1,3,5-6,8-11H2/p+1. The minimum atomic E-state index is -2.88. The van der Waals surface area contributed by atoms with Gasteiger partial charge in [0, 0.05) is 19.3 Å². The van der Waals surface area contributed by atoms with Gasteiger partial charge in [-0.1, -0.05) is 6.07 Å². The molecule has 0 aromatic carbocycles. The molecule has 2 aromatic rings. The maximum atomic E-state index is 11.6. The predicted molar refractivity (Wildman–Crippen MR) is 97.9 cm³/mol. The van der Waals surface area contributed by atoms with E-state index < -0.39 is 9.84 Å². The van der Waals surface area contributed by atoms with E-state index in [9.17, 15) is 8.42 Å². The Bertz CT molecular complexity index is 885. The number of hydrogen-bond acceptors (Lipinski definition) is 6. The Morgan fingerprint density at radius 1 is 1.44 bits per heavy atom. The first kappa shape index (κ1) is 17.4. The molecule has 2 saturated heterocycles. The molecule has 9 heteroatoms. The molecule has 0 saturated carbocycles. The van der Waals surface area contributed by atoms with Gasteiger partial charge in [-0.2, -0.15) is 4.68 Å². The highest BCUT2D eigenvalue weighted by atomic mass is 32.2. The maximum Gasteiger partial charge on any atom is 0.291 e. The number of aromatic nitrogens is 2. The third kappa shape index (κ3) is 3.89. The number of likely N-dealkylation sites (tertiary alicyclic amines) is 1. The zero-order valence-corrected chi connectivity index (χ0v) is 16.3. The molecule has 6 nitrogen and oxygen atoms in total. The molecule has 136 valence electrons. The normalized spacial score (nSPS) is 28.6. The first-order valence-corrected chi connectivity index (χ1v) is 11.8. The van der Waals surface area contributed by atoms with Crippen LogP contribution in [0.5, 0.6) is 0 Å². The van der Waals surface area contributed by atoms with E-state index in [4.69, 9.17) is 16.6 Å². The lowest BCUT2D eigenvalue weighted by Crippen LogP contribution is -3.09. The Morgan fingerprint density at radius 2 is 2.32 bits per heavy atom. The second kappa shape index (κ2) is 6.94. The molecule has 2 fully saturated rings. The van der Waals surface area contributed by atoms with Crippen molar-refractivity contribution in [1.29, 1.82) is 0 Å². The van der Waals surface area contributed by atoms with E-state index in [0.717, 1.165) is 6.54 Å². The zero-order valence-electron chi connectivity index (χ0n) is 13.9. The number of rotatable bonds is 5. The van der Waals surface area contributed by atoms with Gasteiger partial charge in [0.25, 0.3) is 4.84 Å². The third-order valence-electron chi connectivity index (χ3n) is 5.16. The number of nitrogens with one attached hydrogen (secondary N) is 1. The van der Waals surface area contributed by atoms with Crippen LogP contribution in [0.4, 0.5) is 0 Å². The van der Waals surface area contributed by atoms with Crippen molar-refractivity contribution < 1.29 is 17.7 Å². The summed E-state index contributed by atoms with van der Waals surface area (Å²) in [4.78, 5) is 3.26. The van der Waals surface area contributed by atoms with Crippen LogP contribution in [0.15, 0.2) is 21.9 Å². The highest BCUT2D eigenvalue weighted by Gasteiger charge is 2.32. The van der Waals surface area contributed by atoms with E-state index in [2.05, 4.69) is 22.6 Å². The van der Waals surface area contributed by atoms with E-state index in [0.29, 0.717) is 36.3 Å². The van der Waals surface area contributed by atoms with Crippen LogP contribution in [0.1, 0.15) is 36.1 Å². The largest absolute Gasteiger partial charge is 0.414 e. The van der Waals surface area contributed by atoms with Crippen LogP contribution in [0.25, 0.3) is 0 Å². The molecule has 3 atom stereocenters. The van der Waals surface area contributed by atoms with Gasteiger partial charge < -0.3 is 9.32 Å². The molecule has 2 aliphatic heterocycles. The number of thiophene rings is 1. The lowest BCUT2D eigenvalue weighted by atomic mass is 10.1. The minimum absolute atomic E-state index is 0.101. The van der Waals surface area contributed by atoms with Crippen LogP contribution >= 0.6 is 23.6 Å².